The van der Waals surface area contributed by atoms with E-state index in [1.807, 2.05) is 6.92 Å². The van der Waals surface area contributed by atoms with E-state index in [2.05, 4.69) is 0 Å². The Balaban J connectivity index is 1.67. The number of rotatable bonds is 2. The van der Waals surface area contributed by atoms with E-state index in [1.54, 1.807) is 32.9 Å². The second kappa shape index (κ2) is 6.01. The fourth-order valence-corrected chi connectivity index (χ4v) is 7.21. The summed E-state index contributed by atoms with van der Waals surface area (Å²) in [5, 5.41) is 21.1. The lowest BCUT2D eigenvalue weighted by Crippen LogP contribution is -2.68. The van der Waals surface area contributed by atoms with E-state index in [1.165, 1.54) is 12.2 Å². The molecule has 2 N–H and O–H groups in total. The summed E-state index contributed by atoms with van der Waals surface area (Å²) < 4.78 is 29.3. The topological polar surface area (TPSA) is 93.1 Å². The van der Waals surface area contributed by atoms with Crippen LogP contribution in [0.2, 0.25) is 0 Å². The summed E-state index contributed by atoms with van der Waals surface area (Å²) >= 11 is 0. The number of carbonyl (C=O) groups is 2. The van der Waals surface area contributed by atoms with E-state index in [4.69, 9.17) is 9.47 Å². The number of fused-ring (bicyclic) bond motifs is 7. The molecule has 4 aliphatic carbocycles. The van der Waals surface area contributed by atoms with Gasteiger partial charge in [0.1, 0.15) is 12.7 Å². The van der Waals surface area contributed by atoms with Crippen molar-refractivity contribution >= 4 is 11.6 Å². The van der Waals surface area contributed by atoms with Crippen LogP contribution in [0, 0.1) is 16.7 Å². The first-order valence-corrected chi connectivity index (χ1v) is 10.9. The van der Waals surface area contributed by atoms with E-state index < -0.39 is 58.4 Å². The number of carbonyl (C=O) groups excluding carboxylic acids is 2. The van der Waals surface area contributed by atoms with Crippen LogP contribution >= 0.6 is 0 Å². The second-order valence-electron chi connectivity index (χ2n) is 10.5. The van der Waals surface area contributed by atoms with Gasteiger partial charge in [-0.25, -0.2) is 4.39 Å². The van der Waals surface area contributed by atoms with Crippen molar-refractivity contribution in [1.29, 1.82) is 0 Å². The van der Waals surface area contributed by atoms with Gasteiger partial charge in [0.15, 0.2) is 28.6 Å². The van der Waals surface area contributed by atoms with Crippen LogP contribution in [-0.2, 0) is 19.1 Å². The fraction of sp³-hybridized carbons (Fsp3) is 0.667. The highest BCUT2D eigenvalue weighted by atomic mass is 19.1. The number of alkyl halides is 1. The van der Waals surface area contributed by atoms with Crippen molar-refractivity contribution in [2.24, 2.45) is 16.7 Å². The largest absolute Gasteiger partial charge is 0.390 e. The van der Waals surface area contributed by atoms with Crippen LogP contribution in [-0.4, -0.2) is 57.7 Å². The van der Waals surface area contributed by atoms with Crippen LogP contribution in [0.5, 0.6) is 0 Å². The van der Waals surface area contributed by atoms with Crippen molar-refractivity contribution < 1.29 is 33.7 Å². The zero-order valence-electron chi connectivity index (χ0n) is 18.3. The lowest BCUT2D eigenvalue weighted by molar-refractivity contribution is -0.212. The molecule has 0 aromatic carbocycles. The Hall–Kier alpha value is -1.67. The Morgan fingerprint density at radius 1 is 1.29 bits per heavy atom. The smallest absolute Gasteiger partial charge is 0.193 e. The summed E-state index contributed by atoms with van der Waals surface area (Å²) in [6.07, 6.45) is 4.92. The summed E-state index contributed by atoms with van der Waals surface area (Å²) in [5.41, 5.74) is -4.33. The zero-order chi connectivity index (χ0) is 22.6. The highest BCUT2D eigenvalue weighted by Crippen LogP contribution is 2.70. The third-order valence-electron chi connectivity index (χ3n) is 8.60. The number of ketones is 2. The molecular weight excluding hydrogens is 403 g/mol. The molecule has 5 aliphatic rings. The molecule has 2 saturated carbocycles. The van der Waals surface area contributed by atoms with Crippen LogP contribution in [0.15, 0.2) is 35.5 Å². The Morgan fingerprint density at radius 3 is 2.68 bits per heavy atom. The number of Topliss-reactive ketones (excluding diaryl/α,β-unsaturated/α-hetero) is 1. The minimum atomic E-state index is -2.04. The maximum atomic E-state index is 17.1. The standard InChI is InChI=1S/C24H29FO6/c1-20(2)30-19-10-16-15-6-5-13-9-14(27)7-8-21(13,3)23(15,25)17(28)11-22(16,4)24(19,31-20)18(29)12-26/h7-10,15,17,19,26,28H,5-6,11-12H2,1-4H3/t15-,17-,19+,21-,22-,23?,24+/m0/s1. The van der Waals surface area contributed by atoms with Gasteiger partial charge in [-0.2, -0.15) is 0 Å². The predicted molar refractivity (Wildman–Crippen MR) is 109 cm³/mol. The third-order valence-corrected chi connectivity index (χ3v) is 8.60. The molecule has 1 aliphatic heterocycles. The summed E-state index contributed by atoms with van der Waals surface area (Å²) in [6.45, 7) is 6.23. The van der Waals surface area contributed by atoms with Crippen molar-refractivity contribution in [3.63, 3.8) is 0 Å². The van der Waals surface area contributed by atoms with Gasteiger partial charge in [-0.3, -0.25) is 9.59 Å². The van der Waals surface area contributed by atoms with E-state index in [-0.39, 0.29) is 12.2 Å². The van der Waals surface area contributed by atoms with Crippen LogP contribution in [0.4, 0.5) is 4.39 Å². The van der Waals surface area contributed by atoms with Crippen molar-refractivity contribution in [2.75, 3.05) is 6.61 Å². The minimum absolute atomic E-state index is 0.0574. The van der Waals surface area contributed by atoms with Crippen LogP contribution < -0.4 is 0 Å². The van der Waals surface area contributed by atoms with Crippen LogP contribution in [0.1, 0.15) is 47.0 Å². The van der Waals surface area contributed by atoms with Gasteiger partial charge < -0.3 is 19.7 Å². The fourth-order valence-electron chi connectivity index (χ4n) is 7.21. The Labute approximate surface area is 180 Å². The lowest BCUT2D eigenvalue weighted by atomic mass is 9.46. The Morgan fingerprint density at radius 2 is 2.00 bits per heavy atom. The van der Waals surface area contributed by atoms with E-state index in [0.717, 1.165) is 0 Å². The molecule has 0 aromatic rings. The molecule has 6 nitrogen and oxygen atoms in total. The number of allylic oxidation sites excluding steroid dienone is 4. The monoisotopic (exact) mass is 432 g/mol. The normalized spacial score (nSPS) is 49.5. The molecule has 0 aromatic heterocycles. The van der Waals surface area contributed by atoms with Crippen molar-refractivity contribution in [2.45, 2.75) is 76.2 Å². The molecule has 0 amide bonds. The first kappa shape index (κ1) is 21.2. The average Bonchev–Trinajstić information content (AvgIpc) is 3.09. The molecule has 31 heavy (non-hydrogen) atoms. The molecule has 1 saturated heterocycles. The maximum absolute atomic E-state index is 17.1. The molecule has 1 unspecified atom stereocenters. The molecule has 5 rings (SSSR count). The Kier molecular flexibility index (Phi) is 4.11. The van der Waals surface area contributed by atoms with Crippen molar-refractivity contribution in [3.05, 3.63) is 35.5 Å². The third kappa shape index (κ3) is 2.25. The first-order valence-electron chi connectivity index (χ1n) is 10.9. The maximum Gasteiger partial charge on any atom is 0.193 e. The molecule has 7 atom stereocenters. The summed E-state index contributed by atoms with van der Waals surface area (Å²) in [7, 11) is 0. The number of ether oxygens (including phenoxy) is 2. The summed E-state index contributed by atoms with van der Waals surface area (Å²) in [4.78, 5) is 25.0. The van der Waals surface area contributed by atoms with Gasteiger partial charge in [0.2, 0.25) is 0 Å². The molecule has 3 fully saturated rings. The van der Waals surface area contributed by atoms with E-state index in [0.29, 0.717) is 24.0 Å². The number of hydrogen-bond donors (Lipinski definition) is 2. The molecule has 1 heterocycles. The molecule has 0 radical (unpaired) electrons. The highest BCUT2D eigenvalue weighted by Gasteiger charge is 2.77. The van der Waals surface area contributed by atoms with Crippen LogP contribution in [0.3, 0.4) is 0 Å². The summed E-state index contributed by atoms with van der Waals surface area (Å²) in [5.74, 6) is -2.43. The zero-order valence-corrected chi connectivity index (χ0v) is 18.3. The van der Waals surface area contributed by atoms with Gasteiger partial charge in [0.05, 0.1) is 6.10 Å². The van der Waals surface area contributed by atoms with Crippen molar-refractivity contribution in [3.8, 4) is 0 Å². The number of aliphatic hydroxyl groups excluding tert-OH is 2. The number of halogens is 1. The number of aliphatic hydroxyl groups is 2. The van der Waals surface area contributed by atoms with Gasteiger partial charge in [-0.1, -0.05) is 30.2 Å². The van der Waals surface area contributed by atoms with Gasteiger partial charge in [0.25, 0.3) is 0 Å². The minimum Gasteiger partial charge on any atom is -0.390 e. The predicted octanol–water partition coefficient (Wildman–Crippen LogP) is 2.34. The molecule has 0 bridgehead atoms. The van der Waals surface area contributed by atoms with Gasteiger partial charge in [0, 0.05) is 16.7 Å². The highest BCUT2D eigenvalue weighted by molar-refractivity contribution is 6.01. The van der Waals surface area contributed by atoms with E-state index >= 15 is 4.39 Å². The number of hydrogen-bond acceptors (Lipinski definition) is 6. The van der Waals surface area contributed by atoms with Crippen LogP contribution in [0.25, 0.3) is 0 Å². The first-order chi connectivity index (χ1) is 14.4. The van der Waals surface area contributed by atoms with E-state index in [9.17, 15) is 19.8 Å². The van der Waals surface area contributed by atoms with Crippen molar-refractivity contribution in [1.82, 2.24) is 0 Å². The van der Waals surface area contributed by atoms with Gasteiger partial charge in [-0.15, -0.1) is 0 Å². The quantitative estimate of drug-likeness (QED) is 0.651. The molecule has 168 valence electrons. The second-order valence-corrected chi connectivity index (χ2v) is 10.5. The lowest BCUT2D eigenvalue weighted by Gasteiger charge is -2.61. The molecule has 0 spiro atoms. The van der Waals surface area contributed by atoms with Gasteiger partial charge >= 0.3 is 0 Å². The molecular formula is C24H29FO6. The SMILES string of the molecule is CC1(C)O[C@@H]2C=C3[C@@H]4CCC5=CC(=O)C=C[C@]5(C)C4(F)[C@@H](O)C[C@]3(C)[C@]2(C(=O)CO)O1. The average molecular weight is 432 g/mol. The summed E-state index contributed by atoms with van der Waals surface area (Å²) in [6, 6.07) is 0. The Bertz CT molecular complexity index is 981. The van der Waals surface area contributed by atoms with Gasteiger partial charge in [-0.05, 0) is 52.2 Å². The molecule has 7 heteroatoms.